The van der Waals surface area contributed by atoms with Crippen molar-refractivity contribution in [3.8, 4) is 0 Å². The summed E-state index contributed by atoms with van der Waals surface area (Å²) in [5, 5.41) is 0. The zero-order valence-corrected chi connectivity index (χ0v) is 14.0. The maximum absolute atomic E-state index is 12.8. The summed E-state index contributed by atoms with van der Waals surface area (Å²) >= 11 is 0. The standard InChI is InChI=1S/C19H20N2O4/c1-25-19(24)16-9-7-15(8-10-16)18(23)21(12-11-17(20)22)13-14-5-3-2-4-6-14/h2-10H,11-13H2,1H3,(H2,20,22). The van der Waals surface area contributed by atoms with E-state index < -0.39 is 11.9 Å². The van der Waals surface area contributed by atoms with Gasteiger partial charge in [-0.15, -0.1) is 0 Å². The third kappa shape index (κ3) is 5.17. The van der Waals surface area contributed by atoms with Crippen LogP contribution in [-0.4, -0.2) is 36.3 Å². The molecule has 2 rings (SSSR count). The third-order valence-electron chi connectivity index (χ3n) is 3.68. The number of hydrogen-bond donors (Lipinski definition) is 1. The summed E-state index contributed by atoms with van der Waals surface area (Å²) in [5.74, 6) is -1.16. The summed E-state index contributed by atoms with van der Waals surface area (Å²) in [7, 11) is 1.30. The molecule has 25 heavy (non-hydrogen) atoms. The van der Waals surface area contributed by atoms with Gasteiger partial charge in [0, 0.05) is 25.1 Å². The van der Waals surface area contributed by atoms with Crippen LogP contribution in [0.1, 0.15) is 32.7 Å². The number of nitrogens with two attached hydrogens (primary N) is 1. The van der Waals surface area contributed by atoms with Crippen molar-refractivity contribution in [3.05, 3.63) is 71.3 Å². The fourth-order valence-electron chi connectivity index (χ4n) is 2.35. The van der Waals surface area contributed by atoms with E-state index in [2.05, 4.69) is 4.74 Å². The van der Waals surface area contributed by atoms with E-state index in [1.54, 1.807) is 17.0 Å². The summed E-state index contributed by atoms with van der Waals surface area (Å²) in [4.78, 5) is 36.9. The third-order valence-corrected chi connectivity index (χ3v) is 3.68. The zero-order valence-electron chi connectivity index (χ0n) is 14.0. The molecule has 6 heteroatoms. The number of benzene rings is 2. The summed E-state index contributed by atoms with van der Waals surface area (Å²) < 4.78 is 4.64. The van der Waals surface area contributed by atoms with Crippen LogP contribution in [0.4, 0.5) is 0 Å². The summed E-state index contributed by atoms with van der Waals surface area (Å²) in [6.07, 6.45) is 0.0822. The molecule has 0 radical (unpaired) electrons. The van der Waals surface area contributed by atoms with Gasteiger partial charge in [-0.3, -0.25) is 9.59 Å². The van der Waals surface area contributed by atoms with E-state index in [4.69, 9.17) is 5.73 Å². The van der Waals surface area contributed by atoms with Gasteiger partial charge in [-0.25, -0.2) is 4.79 Å². The second-order valence-electron chi connectivity index (χ2n) is 5.50. The van der Waals surface area contributed by atoms with Crippen LogP contribution in [0.15, 0.2) is 54.6 Å². The predicted octanol–water partition coefficient (Wildman–Crippen LogP) is 1.99. The summed E-state index contributed by atoms with van der Waals surface area (Å²) in [6, 6.07) is 15.7. The van der Waals surface area contributed by atoms with Gasteiger partial charge < -0.3 is 15.4 Å². The molecule has 2 amide bonds. The highest BCUT2D eigenvalue weighted by molar-refractivity contribution is 5.96. The van der Waals surface area contributed by atoms with E-state index in [1.807, 2.05) is 30.3 Å². The van der Waals surface area contributed by atoms with Gasteiger partial charge in [0.15, 0.2) is 0 Å². The van der Waals surface area contributed by atoms with E-state index >= 15 is 0 Å². The molecule has 0 bridgehead atoms. The number of esters is 1. The Labute approximate surface area is 146 Å². The van der Waals surface area contributed by atoms with Gasteiger partial charge in [0.05, 0.1) is 12.7 Å². The molecule has 0 aromatic heterocycles. The maximum Gasteiger partial charge on any atom is 0.337 e. The average Bonchev–Trinajstić information content (AvgIpc) is 2.64. The minimum Gasteiger partial charge on any atom is -0.465 e. The number of methoxy groups -OCH3 is 1. The molecule has 0 aliphatic rings. The quantitative estimate of drug-likeness (QED) is 0.781. The Morgan fingerprint density at radius 2 is 1.56 bits per heavy atom. The Balaban J connectivity index is 2.18. The highest BCUT2D eigenvalue weighted by atomic mass is 16.5. The number of hydrogen-bond acceptors (Lipinski definition) is 4. The van der Waals surface area contributed by atoms with Crippen LogP contribution in [0, 0.1) is 0 Å². The Morgan fingerprint density at radius 1 is 0.960 bits per heavy atom. The van der Waals surface area contributed by atoms with Gasteiger partial charge in [0.25, 0.3) is 5.91 Å². The molecule has 0 heterocycles. The average molecular weight is 340 g/mol. The molecular weight excluding hydrogens is 320 g/mol. The molecule has 2 aromatic carbocycles. The topological polar surface area (TPSA) is 89.7 Å². The van der Waals surface area contributed by atoms with Crippen molar-refractivity contribution >= 4 is 17.8 Å². The van der Waals surface area contributed by atoms with Crippen molar-refractivity contribution in [1.29, 1.82) is 0 Å². The Kier molecular flexibility index (Phi) is 6.28. The molecule has 0 atom stereocenters. The van der Waals surface area contributed by atoms with Crippen LogP contribution in [0.5, 0.6) is 0 Å². The first-order valence-corrected chi connectivity index (χ1v) is 7.81. The predicted molar refractivity (Wildman–Crippen MR) is 92.8 cm³/mol. The number of rotatable bonds is 7. The van der Waals surface area contributed by atoms with E-state index in [9.17, 15) is 14.4 Å². The molecule has 0 unspecified atom stereocenters. The lowest BCUT2D eigenvalue weighted by atomic mass is 10.1. The molecule has 0 saturated carbocycles. The first kappa shape index (κ1) is 18.2. The first-order chi connectivity index (χ1) is 12.0. The number of ether oxygens (including phenoxy) is 1. The fraction of sp³-hybridized carbons (Fsp3) is 0.211. The molecule has 130 valence electrons. The van der Waals surface area contributed by atoms with Crippen LogP contribution >= 0.6 is 0 Å². The van der Waals surface area contributed by atoms with E-state index in [0.717, 1.165) is 5.56 Å². The van der Waals surface area contributed by atoms with Crippen molar-refractivity contribution in [2.24, 2.45) is 5.73 Å². The van der Waals surface area contributed by atoms with Gasteiger partial charge in [-0.05, 0) is 29.8 Å². The molecular formula is C19H20N2O4. The van der Waals surface area contributed by atoms with E-state index in [1.165, 1.54) is 19.2 Å². The summed E-state index contributed by atoms with van der Waals surface area (Å²) in [6.45, 7) is 0.591. The van der Waals surface area contributed by atoms with Crippen molar-refractivity contribution in [2.75, 3.05) is 13.7 Å². The number of primary amides is 1. The normalized spacial score (nSPS) is 10.1. The highest BCUT2D eigenvalue weighted by Gasteiger charge is 2.17. The van der Waals surface area contributed by atoms with Crippen LogP contribution < -0.4 is 5.73 Å². The molecule has 0 saturated heterocycles. The number of nitrogens with zero attached hydrogens (tertiary/aromatic N) is 1. The van der Waals surface area contributed by atoms with E-state index in [-0.39, 0.29) is 18.9 Å². The monoisotopic (exact) mass is 340 g/mol. The van der Waals surface area contributed by atoms with Crippen molar-refractivity contribution in [1.82, 2.24) is 4.90 Å². The van der Waals surface area contributed by atoms with Crippen molar-refractivity contribution in [3.63, 3.8) is 0 Å². The Hall–Kier alpha value is -3.15. The van der Waals surface area contributed by atoms with Gasteiger partial charge in [-0.1, -0.05) is 30.3 Å². The SMILES string of the molecule is COC(=O)c1ccc(C(=O)N(CCC(N)=O)Cc2ccccc2)cc1. The molecule has 6 nitrogen and oxygen atoms in total. The molecule has 2 N–H and O–H groups in total. The number of amides is 2. The lowest BCUT2D eigenvalue weighted by Gasteiger charge is -2.22. The minimum atomic E-state index is -0.466. The van der Waals surface area contributed by atoms with Crippen molar-refractivity contribution < 1.29 is 19.1 Å². The summed E-state index contributed by atoms with van der Waals surface area (Å²) in [5.41, 5.74) is 6.95. The van der Waals surface area contributed by atoms with E-state index in [0.29, 0.717) is 17.7 Å². The van der Waals surface area contributed by atoms with Crippen LogP contribution in [0.3, 0.4) is 0 Å². The fourth-order valence-corrected chi connectivity index (χ4v) is 2.35. The van der Waals surface area contributed by atoms with Gasteiger partial charge in [0.1, 0.15) is 0 Å². The van der Waals surface area contributed by atoms with Crippen LogP contribution in [-0.2, 0) is 16.1 Å². The molecule has 0 aliphatic heterocycles. The molecule has 0 aliphatic carbocycles. The Morgan fingerprint density at radius 3 is 2.12 bits per heavy atom. The highest BCUT2D eigenvalue weighted by Crippen LogP contribution is 2.12. The first-order valence-electron chi connectivity index (χ1n) is 7.81. The van der Waals surface area contributed by atoms with Gasteiger partial charge >= 0.3 is 5.97 Å². The molecule has 2 aromatic rings. The smallest absolute Gasteiger partial charge is 0.337 e. The lowest BCUT2D eigenvalue weighted by Crippen LogP contribution is -2.33. The van der Waals surface area contributed by atoms with Gasteiger partial charge in [0.2, 0.25) is 5.91 Å². The largest absolute Gasteiger partial charge is 0.465 e. The lowest BCUT2D eigenvalue weighted by molar-refractivity contribution is -0.118. The minimum absolute atomic E-state index is 0.0822. The van der Waals surface area contributed by atoms with Gasteiger partial charge in [-0.2, -0.15) is 0 Å². The number of carbonyl (C=O) groups is 3. The zero-order chi connectivity index (χ0) is 18.2. The second-order valence-corrected chi connectivity index (χ2v) is 5.50. The maximum atomic E-state index is 12.8. The second kappa shape index (κ2) is 8.63. The van der Waals surface area contributed by atoms with Crippen LogP contribution in [0.2, 0.25) is 0 Å². The molecule has 0 spiro atoms. The number of carbonyl (C=O) groups excluding carboxylic acids is 3. The van der Waals surface area contributed by atoms with Crippen LogP contribution in [0.25, 0.3) is 0 Å². The molecule has 0 fully saturated rings. The van der Waals surface area contributed by atoms with Crippen molar-refractivity contribution in [2.45, 2.75) is 13.0 Å². The Bertz CT molecular complexity index is 742.